The second-order valence-corrected chi connectivity index (χ2v) is 3.53. The van der Waals surface area contributed by atoms with Crippen molar-refractivity contribution in [2.45, 2.75) is 19.4 Å². The van der Waals surface area contributed by atoms with E-state index in [0.29, 0.717) is 18.0 Å². The molecule has 0 radical (unpaired) electrons. The molecule has 0 aliphatic heterocycles. The maximum absolute atomic E-state index is 9.67. The van der Waals surface area contributed by atoms with Gasteiger partial charge in [0.25, 0.3) is 0 Å². The Morgan fingerprint density at radius 2 is 2.23 bits per heavy atom. The first kappa shape index (κ1) is 10.5. The van der Waals surface area contributed by atoms with Crippen LogP contribution in [-0.2, 0) is 0 Å². The zero-order chi connectivity index (χ0) is 9.84. The molecule has 0 fully saturated rings. The van der Waals surface area contributed by atoms with E-state index in [1.165, 1.54) is 0 Å². The van der Waals surface area contributed by atoms with Crippen molar-refractivity contribution in [3.8, 4) is 0 Å². The maximum Gasteiger partial charge on any atom is 0.0804 e. The molecular weight excluding hydrogens is 186 g/mol. The Balaban J connectivity index is 2.88. The fraction of sp³-hybridized carbons (Fsp3) is 0.400. The lowest BCUT2D eigenvalue weighted by Crippen LogP contribution is -2.07. The predicted octanol–water partition coefficient (Wildman–Crippen LogP) is 2.03. The summed E-state index contributed by atoms with van der Waals surface area (Å²) in [4.78, 5) is 0. The zero-order valence-corrected chi connectivity index (χ0v) is 8.38. The summed E-state index contributed by atoms with van der Waals surface area (Å²) in [5.74, 6) is 0. The van der Waals surface area contributed by atoms with Gasteiger partial charge in [-0.25, -0.2) is 0 Å². The Morgan fingerprint density at radius 3 is 2.77 bits per heavy atom. The van der Waals surface area contributed by atoms with Crippen LogP contribution in [-0.4, -0.2) is 11.7 Å². The number of hydrogen-bond acceptors (Lipinski definition) is 2. The van der Waals surface area contributed by atoms with Gasteiger partial charge in [0.15, 0.2) is 0 Å². The highest BCUT2D eigenvalue weighted by molar-refractivity contribution is 6.30. The van der Waals surface area contributed by atoms with Gasteiger partial charge >= 0.3 is 0 Å². The molecule has 3 heteroatoms. The van der Waals surface area contributed by atoms with E-state index in [0.717, 1.165) is 11.1 Å². The van der Waals surface area contributed by atoms with Crippen molar-refractivity contribution in [3.05, 3.63) is 34.3 Å². The van der Waals surface area contributed by atoms with Crippen LogP contribution in [0.4, 0.5) is 0 Å². The Morgan fingerprint density at radius 1 is 1.54 bits per heavy atom. The van der Waals surface area contributed by atoms with Crippen LogP contribution in [0, 0.1) is 6.92 Å². The van der Waals surface area contributed by atoms with Gasteiger partial charge in [0.2, 0.25) is 0 Å². The summed E-state index contributed by atoms with van der Waals surface area (Å²) >= 11 is 5.79. The second kappa shape index (κ2) is 4.61. The second-order valence-electron chi connectivity index (χ2n) is 3.09. The van der Waals surface area contributed by atoms with Gasteiger partial charge in [-0.05, 0) is 43.1 Å². The summed E-state index contributed by atoms with van der Waals surface area (Å²) in [7, 11) is 0. The highest BCUT2D eigenvalue weighted by Crippen LogP contribution is 2.22. The molecular formula is C10H14ClNO. The van der Waals surface area contributed by atoms with Crippen LogP contribution in [0.25, 0.3) is 0 Å². The van der Waals surface area contributed by atoms with Gasteiger partial charge in [0.05, 0.1) is 6.10 Å². The topological polar surface area (TPSA) is 46.2 Å². The molecule has 13 heavy (non-hydrogen) atoms. The fourth-order valence-electron chi connectivity index (χ4n) is 1.33. The highest BCUT2D eigenvalue weighted by atomic mass is 35.5. The van der Waals surface area contributed by atoms with Gasteiger partial charge in [0.1, 0.15) is 0 Å². The van der Waals surface area contributed by atoms with E-state index in [2.05, 4.69) is 0 Å². The molecule has 0 aliphatic carbocycles. The lowest BCUT2D eigenvalue weighted by atomic mass is 10.0. The lowest BCUT2D eigenvalue weighted by molar-refractivity contribution is 0.169. The van der Waals surface area contributed by atoms with Gasteiger partial charge < -0.3 is 10.8 Å². The van der Waals surface area contributed by atoms with Crippen molar-refractivity contribution < 1.29 is 5.11 Å². The average molecular weight is 200 g/mol. The lowest BCUT2D eigenvalue weighted by Gasteiger charge is -2.12. The maximum atomic E-state index is 9.67. The number of aryl methyl sites for hydroxylation is 1. The first-order valence-corrected chi connectivity index (χ1v) is 4.67. The number of halogens is 1. The summed E-state index contributed by atoms with van der Waals surface area (Å²) < 4.78 is 0. The molecule has 1 aromatic rings. The summed E-state index contributed by atoms with van der Waals surface area (Å²) in [6.45, 7) is 2.42. The molecule has 0 aliphatic rings. The molecule has 0 spiro atoms. The van der Waals surface area contributed by atoms with E-state index in [4.69, 9.17) is 17.3 Å². The number of aliphatic hydroxyl groups is 1. The van der Waals surface area contributed by atoms with Crippen LogP contribution in [0.1, 0.15) is 23.7 Å². The van der Waals surface area contributed by atoms with Crippen molar-refractivity contribution >= 4 is 11.6 Å². The molecule has 0 aromatic heterocycles. The monoisotopic (exact) mass is 199 g/mol. The Hall–Kier alpha value is -0.570. The van der Waals surface area contributed by atoms with Crippen molar-refractivity contribution in [3.63, 3.8) is 0 Å². The van der Waals surface area contributed by atoms with E-state index < -0.39 is 6.10 Å². The zero-order valence-electron chi connectivity index (χ0n) is 7.63. The Labute approximate surface area is 83.3 Å². The normalized spacial score (nSPS) is 12.9. The first-order chi connectivity index (χ1) is 6.15. The number of aliphatic hydroxyl groups excluding tert-OH is 1. The Bertz CT molecular complexity index is 288. The molecule has 3 N–H and O–H groups in total. The minimum absolute atomic E-state index is 0.470. The SMILES string of the molecule is Cc1cc(Cl)ccc1[C@H](O)CCN. The van der Waals surface area contributed by atoms with Crippen LogP contribution in [0.5, 0.6) is 0 Å². The molecule has 2 nitrogen and oxygen atoms in total. The van der Waals surface area contributed by atoms with Gasteiger partial charge in [-0.2, -0.15) is 0 Å². The highest BCUT2D eigenvalue weighted by Gasteiger charge is 2.08. The molecule has 0 unspecified atom stereocenters. The minimum atomic E-state index is -0.470. The first-order valence-electron chi connectivity index (χ1n) is 4.29. The van der Waals surface area contributed by atoms with Crippen LogP contribution >= 0.6 is 11.6 Å². The standard InChI is InChI=1S/C10H14ClNO/c1-7-6-8(11)2-3-9(7)10(13)4-5-12/h2-3,6,10,13H,4-5,12H2,1H3/t10-/m1/s1. The molecule has 1 rings (SSSR count). The van der Waals surface area contributed by atoms with Crippen molar-refractivity contribution in [1.29, 1.82) is 0 Å². The van der Waals surface area contributed by atoms with Crippen molar-refractivity contribution in [2.75, 3.05) is 6.54 Å². The van der Waals surface area contributed by atoms with Crippen LogP contribution in [0.2, 0.25) is 5.02 Å². The van der Waals surface area contributed by atoms with Gasteiger partial charge in [0, 0.05) is 5.02 Å². The Kier molecular flexibility index (Phi) is 3.72. The molecule has 0 heterocycles. The van der Waals surface area contributed by atoms with Crippen LogP contribution < -0.4 is 5.73 Å². The molecule has 0 saturated heterocycles. The van der Waals surface area contributed by atoms with Gasteiger partial charge in [-0.3, -0.25) is 0 Å². The van der Waals surface area contributed by atoms with Crippen molar-refractivity contribution in [2.24, 2.45) is 5.73 Å². The van der Waals surface area contributed by atoms with Crippen LogP contribution in [0.3, 0.4) is 0 Å². The molecule has 0 amide bonds. The van der Waals surface area contributed by atoms with Crippen LogP contribution in [0.15, 0.2) is 18.2 Å². The third kappa shape index (κ3) is 2.69. The molecule has 72 valence electrons. The summed E-state index contributed by atoms with van der Waals surface area (Å²) in [6, 6.07) is 5.47. The third-order valence-electron chi connectivity index (χ3n) is 2.03. The van der Waals surface area contributed by atoms with E-state index in [1.807, 2.05) is 19.1 Å². The van der Waals surface area contributed by atoms with E-state index >= 15 is 0 Å². The third-order valence-corrected chi connectivity index (χ3v) is 2.27. The average Bonchev–Trinajstić information content (AvgIpc) is 2.04. The van der Waals surface area contributed by atoms with Gasteiger partial charge in [-0.15, -0.1) is 0 Å². The molecule has 1 atom stereocenters. The fourth-order valence-corrected chi connectivity index (χ4v) is 1.55. The number of benzene rings is 1. The molecule has 0 saturated carbocycles. The van der Waals surface area contributed by atoms with E-state index in [1.54, 1.807) is 6.07 Å². The number of hydrogen-bond donors (Lipinski definition) is 2. The molecule has 0 bridgehead atoms. The number of nitrogens with two attached hydrogens (primary N) is 1. The summed E-state index contributed by atoms with van der Waals surface area (Å²) in [6.07, 6.45) is 0.116. The predicted molar refractivity (Wildman–Crippen MR) is 54.8 cm³/mol. The summed E-state index contributed by atoms with van der Waals surface area (Å²) in [5.41, 5.74) is 7.28. The van der Waals surface area contributed by atoms with E-state index in [-0.39, 0.29) is 0 Å². The molecule has 1 aromatic carbocycles. The smallest absolute Gasteiger partial charge is 0.0804 e. The summed E-state index contributed by atoms with van der Waals surface area (Å²) in [5, 5.41) is 10.4. The quantitative estimate of drug-likeness (QED) is 0.783. The number of rotatable bonds is 3. The van der Waals surface area contributed by atoms with Crippen molar-refractivity contribution in [1.82, 2.24) is 0 Å². The minimum Gasteiger partial charge on any atom is -0.388 e. The van der Waals surface area contributed by atoms with Gasteiger partial charge in [-0.1, -0.05) is 17.7 Å². The largest absolute Gasteiger partial charge is 0.388 e. The van der Waals surface area contributed by atoms with E-state index in [9.17, 15) is 5.11 Å².